The third kappa shape index (κ3) is 3.73. The van der Waals surface area contributed by atoms with Crippen LogP contribution in [0.4, 0.5) is 4.39 Å². The van der Waals surface area contributed by atoms with Gasteiger partial charge in [0.15, 0.2) is 6.10 Å². The minimum absolute atomic E-state index is 0.306. The summed E-state index contributed by atoms with van der Waals surface area (Å²) in [5.74, 6) is -0.423. The Morgan fingerprint density at radius 1 is 1.41 bits per heavy atom. The van der Waals surface area contributed by atoms with Crippen LogP contribution < -0.4 is 4.74 Å². The number of esters is 1. The van der Waals surface area contributed by atoms with Crippen molar-refractivity contribution >= 4 is 5.97 Å². The SMILES string of the molecule is CCOC(=O)C(CC)Oc1cc(F)ccc1C. The molecule has 0 radical (unpaired) electrons. The largest absolute Gasteiger partial charge is 0.478 e. The Morgan fingerprint density at radius 2 is 2.12 bits per heavy atom. The summed E-state index contributed by atoms with van der Waals surface area (Å²) in [7, 11) is 0. The van der Waals surface area contributed by atoms with Gasteiger partial charge in [-0.05, 0) is 31.9 Å². The van der Waals surface area contributed by atoms with Crippen molar-refractivity contribution in [1.29, 1.82) is 0 Å². The van der Waals surface area contributed by atoms with Crippen molar-refractivity contribution in [2.45, 2.75) is 33.3 Å². The van der Waals surface area contributed by atoms with Crippen molar-refractivity contribution in [3.8, 4) is 5.75 Å². The highest BCUT2D eigenvalue weighted by molar-refractivity contribution is 5.75. The first-order valence-corrected chi connectivity index (χ1v) is 5.67. The lowest BCUT2D eigenvalue weighted by atomic mass is 10.2. The Labute approximate surface area is 101 Å². The van der Waals surface area contributed by atoms with Crippen molar-refractivity contribution in [2.75, 3.05) is 6.61 Å². The van der Waals surface area contributed by atoms with E-state index in [-0.39, 0.29) is 5.82 Å². The first kappa shape index (κ1) is 13.5. The van der Waals surface area contributed by atoms with E-state index in [9.17, 15) is 9.18 Å². The molecule has 1 atom stereocenters. The lowest BCUT2D eigenvalue weighted by molar-refractivity contribution is -0.151. The molecule has 4 heteroatoms. The first-order chi connectivity index (χ1) is 8.08. The summed E-state index contributed by atoms with van der Waals surface area (Å²) >= 11 is 0. The lowest BCUT2D eigenvalue weighted by Gasteiger charge is -2.17. The van der Waals surface area contributed by atoms with E-state index in [0.717, 1.165) is 5.56 Å². The highest BCUT2D eigenvalue weighted by Gasteiger charge is 2.20. The van der Waals surface area contributed by atoms with Crippen LogP contribution in [0.1, 0.15) is 25.8 Å². The molecule has 0 N–H and O–H groups in total. The molecule has 1 unspecified atom stereocenters. The van der Waals surface area contributed by atoms with Crippen LogP contribution in [0.25, 0.3) is 0 Å². The quantitative estimate of drug-likeness (QED) is 0.742. The fourth-order valence-electron chi connectivity index (χ4n) is 1.39. The zero-order valence-corrected chi connectivity index (χ0v) is 10.3. The van der Waals surface area contributed by atoms with Crippen molar-refractivity contribution in [3.05, 3.63) is 29.6 Å². The molecule has 17 heavy (non-hydrogen) atoms. The maximum Gasteiger partial charge on any atom is 0.347 e. The van der Waals surface area contributed by atoms with Crippen molar-refractivity contribution in [2.24, 2.45) is 0 Å². The topological polar surface area (TPSA) is 35.5 Å². The number of aryl methyl sites for hydroxylation is 1. The van der Waals surface area contributed by atoms with E-state index in [1.54, 1.807) is 19.9 Å². The Bertz CT molecular complexity index is 390. The molecule has 0 saturated heterocycles. The number of carbonyl (C=O) groups excluding carboxylic acids is 1. The molecule has 1 aromatic carbocycles. The van der Waals surface area contributed by atoms with Gasteiger partial charge in [0.2, 0.25) is 0 Å². The van der Waals surface area contributed by atoms with E-state index in [2.05, 4.69) is 0 Å². The average Bonchev–Trinajstić information content (AvgIpc) is 2.30. The van der Waals surface area contributed by atoms with Gasteiger partial charge in [-0.25, -0.2) is 9.18 Å². The summed E-state index contributed by atoms with van der Waals surface area (Å²) in [5.41, 5.74) is 0.786. The molecule has 0 aliphatic carbocycles. The number of hydrogen-bond donors (Lipinski definition) is 0. The molecular formula is C13H17FO3. The number of halogens is 1. The predicted octanol–water partition coefficient (Wildman–Crippen LogP) is 2.85. The Hall–Kier alpha value is -1.58. The molecule has 0 amide bonds. The second-order valence-corrected chi connectivity index (χ2v) is 3.68. The number of hydrogen-bond acceptors (Lipinski definition) is 3. The molecule has 0 fully saturated rings. The summed E-state index contributed by atoms with van der Waals surface area (Å²) in [6.07, 6.45) is -0.204. The van der Waals surface area contributed by atoms with Gasteiger partial charge in [-0.15, -0.1) is 0 Å². The third-order valence-electron chi connectivity index (χ3n) is 2.34. The molecule has 0 spiro atoms. The van der Waals surface area contributed by atoms with Crippen LogP contribution in [-0.4, -0.2) is 18.7 Å². The average molecular weight is 240 g/mol. The van der Waals surface area contributed by atoms with Gasteiger partial charge in [0, 0.05) is 6.07 Å². The zero-order valence-electron chi connectivity index (χ0n) is 10.3. The van der Waals surface area contributed by atoms with Crippen LogP contribution in [0.3, 0.4) is 0 Å². The van der Waals surface area contributed by atoms with Crippen LogP contribution in [0.5, 0.6) is 5.75 Å². The third-order valence-corrected chi connectivity index (χ3v) is 2.34. The van der Waals surface area contributed by atoms with E-state index in [4.69, 9.17) is 9.47 Å². The van der Waals surface area contributed by atoms with Crippen molar-refractivity contribution in [1.82, 2.24) is 0 Å². The second-order valence-electron chi connectivity index (χ2n) is 3.68. The molecular weight excluding hydrogens is 223 g/mol. The van der Waals surface area contributed by atoms with E-state index in [1.807, 2.05) is 6.92 Å². The smallest absolute Gasteiger partial charge is 0.347 e. The summed E-state index contributed by atoms with van der Waals surface area (Å²) in [4.78, 5) is 11.5. The van der Waals surface area contributed by atoms with E-state index in [0.29, 0.717) is 18.8 Å². The monoisotopic (exact) mass is 240 g/mol. The van der Waals surface area contributed by atoms with Gasteiger partial charge in [0.25, 0.3) is 0 Å². The van der Waals surface area contributed by atoms with Crippen LogP contribution in [0, 0.1) is 12.7 Å². The normalized spacial score (nSPS) is 12.0. The molecule has 0 bridgehead atoms. The van der Waals surface area contributed by atoms with Gasteiger partial charge in [0.1, 0.15) is 11.6 Å². The van der Waals surface area contributed by atoms with Gasteiger partial charge >= 0.3 is 5.97 Å². The minimum atomic E-state index is -0.685. The van der Waals surface area contributed by atoms with Crippen LogP contribution in [0.15, 0.2) is 18.2 Å². The van der Waals surface area contributed by atoms with Gasteiger partial charge in [-0.1, -0.05) is 13.0 Å². The Kier molecular flexibility index (Phi) is 4.94. The molecule has 0 aliphatic heterocycles. The minimum Gasteiger partial charge on any atom is -0.478 e. The van der Waals surface area contributed by atoms with Gasteiger partial charge in [-0.3, -0.25) is 0 Å². The van der Waals surface area contributed by atoms with Crippen molar-refractivity contribution < 1.29 is 18.7 Å². The van der Waals surface area contributed by atoms with E-state index in [1.165, 1.54) is 12.1 Å². The summed E-state index contributed by atoms with van der Waals surface area (Å²) in [6, 6.07) is 4.24. The van der Waals surface area contributed by atoms with E-state index >= 15 is 0 Å². The maximum absolute atomic E-state index is 13.1. The molecule has 0 aromatic heterocycles. The first-order valence-electron chi connectivity index (χ1n) is 5.67. The van der Waals surface area contributed by atoms with Gasteiger partial charge < -0.3 is 9.47 Å². The standard InChI is InChI=1S/C13H17FO3/c1-4-11(13(15)16-5-2)17-12-8-10(14)7-6-9(12)3/h6-8,11H,4-5H2,1-3H3. The molecule has 0 heterocycles. The highest BCUT2D eigenvalue weighted by Crippen LogP contribution is 2.21. The van der Waals surface area contributed by atoms with Crippen LogP contribution >= 0.6 is 0 Å². The fourth-order valence-corrected chi connectivity index (χ4v) is 1.39. The fraction of sp³-hybridized carbons (Fsp3) is 0.462. The van der Waals surface area contributed by atoms with Crippen LogP contribution in [0.2, 0.25) is 0 Å². The lowest BCUT2D eigenvalue weighted by Crippen LogP contribution is -2.29. The predicted molar refractivity (Wildman–Crippen MR) is 62.5 cm³/mol. The molecule has 0 saturated carbocycles. The summed E-state index contributed by atoms with van der Waals surface area (Å²) < 4.78 is 23.4. The maximum atomic E-state index is 13.1. The van der Waals surface area contributed by atoms with Gasteiger partial charge in [-0.2, -0.15) is 0 Å². The molecule has 0 aliphatic rings. The Morgan fingerprint density at radius 3 is 2.71 bits per heavy atom. The van der Waals surface area contributed by atoms with Crippen LogP contribution in [-0.2, 0) is 9.53 Å². The molecule has 3 nitrogen and oxygen atoms in total. The number of ether oxygens (including phenoxy) is 2. The number of benzene rings is 1. The number of carbonyl (C=O) groups is 1. The van der Waals surface area contributed by atoms with Gasteiger partial charge in [0.05, 0.1) is 6.61 Å². The van der Waals surface area contributed by atoms with Crippen molar-refractivity contribution in [3.63, 3.8) is 0 Å². The molecule has 1 rings (SSSR count). The second kappa shape index (κ2) is 6.23. The number of rotatable bonds is 5. The highest BCUT2D eigenvalue weighted by atomic mass is 19.1. The summed E-state index contributed by atoms with van der Waals surface area (Å²) in [6.45, 7) is 5.65. The zero-order chi connectivity index (χ0) is 12.8. The Balaban J connectivity index is 2.80. The molecule has 1 aromatic rings. The van der Waals surface area contributed by atoms with E-state index < -0.39 is 12.1 Å². The molecule has 94 valence electrons. The summed E-state index contributed by atoms with van der Waals surface area (Å²) in [5, 5.41) is 0.